The molecule has 0 aromatic heterocycles. The fraction of sp³-hybridized carbons (Fsp3) is 0.676. The van der Waals surface area contributed by atoms with Gasteiger partial charge in [-0.3, -0.25) is 14.2 Å². The largest absolute Gasteiger partial charge is 0.756 e. The van der Waals surface area contributed by atoms with E-state index in [0.717, 1.165) is 70.6 Å². The van der Waals surface area contributed by atoms with Crippen molar-refractivity contribution in [1.82, 2.24) is 0 Å². The van der Waals surface area contributed by atoms with Gasteiger partial charge in [0.05, 0.1) is 27.7 Å². The van der Waals surface area contributed by atoms with Crippen molar-refractivity contribution in [3.05, 3.63) is 60.8 Å². The first kappa shape index (κ1) is 44.7. The maximum absolute atomic E-state index is 12.5. The summed E-state index contributed by atoms with van der Waals surface area (Å²) >= 11 is 0. The Morgan fingerprint density at radius 1 is 0.681 bits per heavy atom. The molecule has 0 fully saturated rings. The summed E-state index contributed by atoms with van der Waals surface area (Å²) < 4.78 is 33.4. The molecule has 47 heavy (non-hydrogen) atoms. The lowest BCUT2D eigenvalue weighted by atomic mass is 10.1. The highest BCUT2D eigenvalue weighted by molar-refractivity contribution is 7.45. The summed E-state index contributed by atoms with van der Waals surface area (Å²) in [6, 6.07) is 0. The van der Waals surface area contributed by atoms with E-state index in [0.29, 0.717) is 23.9 Å². The molecule has 0 aliphatic heterocycles. The van der Waals surface area contributed by atoms with Gasteiger partial charge in [0.2, 0.25) is 0 Å². The van der Waals surface area contributed by atoms with Gasteiger partial charge in [0.1, 0.15) is 19.8 Å². The molecule has 270 valence electrons. The zero-order valence-corrected chi connectivity index (χ0v) is 30.8. The number of quaternary nitrogens is 1. The average Bonchev–Trinajstić information content (AvgIpc) is 3.01. The monoisotopic (exact) mass is 681 g/mol. The van der Waals surface area contributed by atoms with Crippen molar-refractivity contribution in [1.29, 1.82) is 0 Å². The number of hydrogen-bond acceptors (Lipinski definition) is 8. The molecule has 0 spiro atoms. The topological polar surface area (TPSA) is 111 Å². The van der Waals surface area contributed by atoms with Gasteiger partial charge in [-0.2, -0.15) is 0 Å². The van der Waals surface area contributed by atoms with E-state index < -0.39 is 32.5 Å². The van der Waals surface area contributed by atoms with E-state index in [9.17, 15) is 19.0 Å². The number of rotatable bonds is 30. The molecule has 0 aromatic carbocycles. The van der Waals surface area contributed by atoms with Gasteiger partial charge >= 0.3 is 11.9 Å². The van der Waals surface area contributed by atoms with Crippen molar-refractivity contribution in [2.75, 3.05) is 47.5 Å². The number of ether oxygens (including phenoxy) is 2. The van der Waals surface area contributed by atoms with E-state index in [1.807, 2.05) is 21.1 Å². The Morgan fingerprint density at radius 2 is 1.21 bits per heavy atom. The first-order valence-corrected chi connectivity index (χ1v) is 19.0. The standard InChI is InChI=1S/C37H64NO8P/c1-6-8-10-12-13-14-15-16-17-18-19-20-21-22-23-24-25-26-28-30-37(40)46-35(33-43-36(39)29-27-11-9-7-2)34-45-47(41,42)44-32-31-38(3,4)5/h8,10,13-14,16-17,19-20,22-23,35H,6-7,9,11-12,15,18,21,24-34H2,1-5H3/b10-8-,14-13-,17-16-,20-19-,23-22-. The fourth-order valence-electron chi connectivity index (χ4n) is 4.03. The smallest absolute Gasteiger partial charge is 0.306 e. The molecule has 0 aromatic rings. The number of esters is 2. The first-order valence-electron chi connectivity index (χ1n) is 17.5. The molecule has 0 amide bonds. The lowest BCUT2D eigenvalue weighted by Crippen LogP contribution is -2.37. The molecule has 0 rings (SSSR count). The Bertz CT molecular complexity index is 997. The molecule has 10 heteroatoms. The second-order valence-corrected chi connectivity index (χ2v) is 13.9. The Morgan fingerprint density at radius 3 is 1.77 bits per heavy atom. The number of carbonyl (C=O) groups excluding carboxylic acids is 2. The Hall–Kier alpha value is -2.29. The second-order valence-electron chi connectivity index (χ2n) is 12.5. The van der Waals surface area contributed by atoms with Gasteiger partial charge in [-0.1, -0.05) is 100 Å². The number of nitrogens with zero attached hydrogens (tertiary/aromatic N) is 1. The minimum atomic E-state index is -4.62. The van der Waals surface area contributed by atoms with Gasteiger partial charge in [0.15, 0.2) is 6.10 Å². The van der Waals surface area contributed by atoms with Crippen LogP contribution in [0.1, 0.15) is 110 Å². The van der Waals surface area contributed by atoms with Crippen molar-refractivity contribution < 1.29 is 42.1 Å². The van der Waals surface area contributed by atoms with Crippen molar-refractivity contribution >= 4 is 19.8 Å². The van der Waals surface area contributed by atoms with E-state index in [-0.39, 0.29) is 26.1 Å². The van der Waals surface area contributed by atoms with Crippen LogP contribution in [-0.2, 0) is 32.7 Å². The summed E-state index contributed by atoms with van der Waals surface area (Å²) in [6.07, 6.45) is 33.1. The molecule has 0 aliphatic carbocycles. The number of phosphoric acid groups is 1. The third-order valence-corrected chi connectivity index (χ3v) is 7.77. The van der Waals surface area contributed by atoms with E-state index in [1.165, 1.54) is 0 Å². The van der Waals surface area contributed by atoms with Crippen LogP contribution in [0.15, 0.2) is 60.8 Å². The molecule has 0 heterocycles. The molecule has 2 atom stereocenters. The highest BCUT2D eigenvalue weighted by atomic mass is 31.2. The average molecular weight is 682 g/mol. The van der Waals surface area contributed by atoms with Gasteiger partial charge in [-0.15, -0.1) is 0 Å². The van der Waals surface area contributed by atoms with E-state index in [1.54, 1.807) is 0 Å². The summed E-state index contributed by atoms with van der Waals surface area (Å²) in [5, 5.41) is 0. The third kappa shape index (κ3) is 33.4. The lowest BCUT2D eigenvalue weighted by molar-refractivity contribution is -0.870. The van der Waals surface area contributed by atoms with Gasteiger partial charge < -0.3 is 27.9 Å². The SMILES string of the molecule is CC/C=C\C/C=C\C/C=C\C/C=C\C/C=C\CCCCCC(=O)OC(COC(=O)CCCCCC)COP(=O)([O-])OCC[N+](C)(C)C. The maximum Gasteiger partial charge on any atom is 0.306 e. The molecule has 0 saturated heterocycles. The predicted octanol–water partition coefficient (Wildman–Crippen LogP) is 8.32. The minimum Gasteiger partial charge on any atom is -0.756 e. The summed E-state index contributed by atoms with van der Waals surface area (Å²) in [6.45, 7) is 3.89. The van der Waals surface area contributed by atoms with E-state index >= 15 is 0 Å². The van der Waals surface area contributed by atoms with Gasteiger partial charge in [0.25, 0.3) is 7.82 Å². The minimum absolute atomic E-state index is 0.0406. The highest BCUT2D eigenvalue weighted by Crippen LogP contribution is 2.38. The van der Waals surface area contributed by atoms with Crippen LogP contribution < -0.4 is 4.89 Å². The third-order valence-electron chi connectivity index (χ3n) is 6.80. The number of unbranched alkanes of at least 4 members (excludes halogenated alkanes) is 6. The molecular formula is C37H64NO8P. The lowest BCUT2D eigenvalue weighted by Gasteiger charge is -2.28. The summed E-state index contributed by atoms with van der Waals surface area (Å²) in [5.74, 6) is -0.902. The number of allylic oxidation sites excluding steroid dienone is 10. The van der Waals surface area contributed by atoms with Crippen LogP contribution in [0.3, 0.4) is 0 Å². The number of hydrogen-bond donors (Lipinski definition) is 0. The normalized spacial score (nSPS) is 14.6. The fourth-order valence-corrected chi connectivity index (χ4v) is 4.76. The number of carbonyl (C=O) groups is 2. The maximum atomic E-state index is 12.5. The Kier molecular flexibility index (Phi) is 28.4. The molecule has 0 N–H and O–H groups in total. The van der Waals surface area contributed by atoms with Crippen LogP contribution >= 0.6 is 7.82 Å². The summed E-state index contributed by atoms with van der Waals surface area (Å²) in [7, 11) is 1.13. The number of likely N-dealkylation sites (N-methyl/N-ethyl adjacent to an activating group) is 1. The Balaban J connectivity index is 4.39. The second kappa shape index (κ2) is 29.8. The van der Waals surface area contributed by atoms with Gasteiger partial charge in [0, 0.05) is 12.8 Å². The molecule has 0 aliphatic rings. The van der Waals surface area contributed by atoms with Crippen molar-refractivity contribution in [3.8, 4) is 0 Å². The van der Waals surface area contributed by atoms with Crippen molar-refractivity contribution in [2.24, 2.45) is 0 Å². The number of phosphoric ester groups is 1. The van der Waals surface area contributed by atoms with Crippen LogP contribution in [0.5, 0.6) is 0 Å². The molecule has 0 radical (unpaired) electrons. The van der Waals surface area contributed by atoms with Crippen LogP contribution in [0.25, 0.3) is 0 Å². The molecular weight excluding hydrogens is 617 g/mol. The zero-order chi connectivity index (χ0) is 35.1. The molecule has 2 unspecified atom stereocenters. The van der Waals surface area contributed by atoms with Gasteiger partial charge in [-0.05, 0) is 57.8 Å². The zero-order valence-electron chi connectivity index (χ0n) is 29.9. The first-order chi connectivity index (χ1) is 22.5. The summed E-state index contributed by atoms with van der Waals surface area (Å²) in [5.41, 5.74) is 0. The van der Waals surface area contributed by atoms with Crippen LogP contribution in [0.2, 0.25) is 0 Å². The van der Waals surface area contributed by atoms with Crippen LogP contribution in [0, 0.1) is 0 Å². The van der Waals surface area contributed by atoms with Crippen molar-refractivity contribution in [2.45, 2.75) is 116 Å². The molecule has 0 saturated carbocycles. The predicted molar refractivity (Wildman–Crippen MR) is 190 cm³/mol. The van der Waals surface area contributed by atoms with E-state index in [4.69, 9.17) is 18.5 Å². The van der Waals surface area contributed by atoms with E-state index in [2.05, 4.69) is 74.6 Å². The highest BCUT2D eigenvalue weighted by Gasteiger charge is 2.21. The molecule has 0 bridgehead atoms. The van der Waals surface area contributed by atoms with Crippen LogP contribution in [0.4, 0.5) is 0 Å². The van der Waals surface area contributed by atoms with Crippen molar-refractivity contribution in [3.63, 3.8) is 0 Å². The molecule has 9 nitrogen and oxygen atoms in total. The summed E-state index contributed by atoms with van der Waals surface area (Å²) in [4.78, 5) is 36.9. The Labute approximate surface area is 286 Å². The quantitative estimate of drug-likeness (QED) is 0.0245. The van der Waals surface area contributed by atoms with Gasteiger partial charge in [-0.25, -0.2) is 0 Å². The van der Waals surface area contributed by atoms with Crippen LogP contribution in [-0.4, -0.2) is 70.0 Å².